The van der Waals surface area contributed by atoms with Crippen LogP contribution in [0.15, 0.2) is 0 Å². The van der Waals surface area contributed by atoms with Gasteiger partial charge in [0.05, 0.1) is 7.11 Å². The Labute approximate surface area is 77.4 Å². The van der Waals surface area contributed by atoms with Gasteiger partial charge < -0.3 is 10.5 Å². The summed E-state index contributed by atoms with van der Waals surface area (Å²) in [5.41, 5.74) is 4.20. The van der Waals surface area contributed by atoms with Gasteiger partial charge in [-0.05, 0) is 12.8 Å². The second-order valence-corrected chi connectivity index (χ2v) is 3.50. The molecule has 13 heavy (non-hydrogen) atoms. The van der Waals surface area contributed by atoms with Crippen molar-refractivity contribution in [2.24, 2.45) is 11.1 Å². The Kier molecular flexibility index (Phi) is 2.90. The molecule has 4 heteroatoms. The lowest BCUT2D eigenvalue weighted by Crippen LogP contribution is -2.45. The van der Waals surface area contributed by atoms with Crippen molar-refractivity contribution in [2.75, 3.05) is 7.11 Å². The number of rotatable bonds is 2. The average Bonchev–Trinajstić information content (AvgIpc) is 2.17. The SMILES string of the molecule is COC(=O)C1(C(N)=O)CCCCC1. The van der Waals surface area contributed by atoms with Gasteiger partial charge in [0.25, 0.3) is 0 Å². The zero-order chi connectivity index (χ0) is 9.90. The van der Waals surface area contributed by atoms with Gasteiger partial charge in [0.15, 0.2) is 0 Å². The Balaban J connectivity index is 2.85. The van der Waals surface area contributed by atoms with Gasteiger partial charge in [0, 0.05) is 0 Å². The van der Waals surface area contributed by atoms with Crippen molar-refractivity contribution in [3.63, 3.8) is 0 Å². The summed E-state index contributed by atoms with van der Waals surface area (Å²) < 4.78 is 4.61. The quantitative estimate of drug-likeness (QED) is 0.505. The van der Waals surface area contributed by atoms with Crippen LogP contribution in [0.25, 0.3) is 0 Å². The maximum atomic E-state index is 11.4. The van der Waals surface area contributed by atoms with Gasteiger partial charge in [-0.2, -0.15) is 0 Å². The maximum absolute atomic E-state index is 11.4. The first-order chi connectivity index (χ1) is 6.13. The normalized spacial score (nSPS) is 20.7. The first-order valence-electron chi connectivity index (χ1n) is 4.52. The van der Waals surface area contributed by atoms with Gasteiger partial charge in [0.1, 0.15) is 5.41 Å². The molecule has 1 saturated carbocycles. The van der Waals surface area contributed by atoms with Crippen molar-refractivity contribution in [3.8, 4) is 0 Å². The molecule has 0 radical (unpaired) electrons. The molecule has 1 aliphatic rings. The van der Waals surface area contributed by atoms with Crippen LogP contribution in [0.5, 0.6) is 0 Å². The standard InChI is InChI=1S/C9H15NO3/c1-13-8(12)9(7(10)11)5-3-2-4-6-9/h2-6H2,1H3,(H2,10,11). The Morgan fingerprint density at radius 1 is 1.23 bits per heavy atom. The van der Waals surface area contributed by atoms with E-state index < -0.39 is 17.3 Å². The molecule has 0 aliphatic heterocycles. The number of methoxy groups -OCH3 is 1. The molecule has 0 aromatic carbocycles. The van der Waals surface area contributed by atoms with Crippen LogP contribution >= 0.6 is 0 Å². The van der Waals surface area contributed by atoms with E-state index in [0.717, 1.165) is 19.3 Å². The van der Waals surface area contributed by atoms with E-state index in [1.165, 1.54) is 7.11 Å². The molecular formula is C9H15NO3. The largest absolute Gasteiger partial charge is 0.468 e. The summed E-state index contributed by atoms with van der Waals surface area (Å²) in [6.45, 7) is 0. The van der Waals surface area contributed by atoms with E-state index in [0.29, 0.717) is 12.8 Å². The molecule has 0 bridgehead atoms. The van der Waals surface area contributed by atoms with Crippen LogP contribution in [0.3, 0.4) is 0 Å². The van der Waals surface area contributed by atoms with Crippen LogP contribution in [-0.4, -0.2) is 19.0 Å². The Morgan fingerprint density at radius 2 is 1.77 bits per heavy atom. The zero-order valence-electron chi connectivity index (χ0n) is 7.84. The number of hydrogen-bond acceptors (Lipinski definition) is 3. The molecule has 2 N–H and O–H groups in total. The van der Waals surface area contributed by atoms with Gasteiger partial charge in [-0.25, -0.2) is 0 Å². The molecular weight excluding hydrogens is 170 g/mol. The van der Waals surface area contributed by atoms with Crippen molar-refractivity contribution in [3.05, 3.63) is 0 Å². The minimum absolute atomic E-state index is 0.472. The second kappa shape index (κ2) is 3.77. The fourth-order valence-corrected chi connectivity index (χ4v) is 1.90. The number of ether oxygens (including phenoxy) is 1. The molecule has 0 heterocycles. The summed E-state index contributed by atoms with van der Waals surface area (Å²) in [6.07, 6.45) is 3.88. The van der Waals surface area contributed by atoms with Crippen molar-refractivity contribution in [1.82, 2.24) is 0 Å². The molecule has 1 fully saturated rings. The highest BCUT2D eigenvalue weighted by molar-refractivity contribution is 6.01. The molecule has 0 saturated heterocycles. The van der Waals surface area contributed by atoms with E-state index >= 15 is 0 Å². The zero-order valence-corrected chi connectivity index (χ0v) is 7.84. The smallest absolute Gasteiger partial charge is 0.321 e. The van der Waals surface area contributed by atoms with Crippen LogP contribution < -0.4 is 5.73 Å². The molecule has 1 rings (SSSR count). The van der Waals surface area contributed by atoms with Gasteiger partial charge >= 0.3 is 5.97 Å². The third kappa shape index (κ3) is 1.66. The van der Waals surface area contributed by atoms with Gasteiger partial charge in [-0.1, -0.05) is 19.3 Å². The Hall–Kier alpha value is -1.06. The van der Waals surface area contributed by atoms with E-state index in [-0.39, 0.29) is 0 Å². The van der Waals surface area contributed by atoms with Crippen molar-refractivity contribution in [1.29, 1.82) is 0 Å². The number of primary amides is 1. The predicted molar refractivity (Wildman–Crippen MR) is 46.7 cm³/mol. The fourth-order valence-electron chi connectivity index (χ4n) is 1.90. The Bertz CT molecular complexity index is 219. The molecule has 0 atom stereocenters. The van der Waals surface area contributed by atoms with E-state index in [2.05, 4.69) is 4.74 Å². The van der Waals surface area contributed by atoms with Gasteiger partial charge in [-0.3, -0.25) is 9.59 Å². The van der Waals surface area contributed by atoms with E-state index in [4.69, 9.17) is 5.73 Å². The predicted octanol–water partition coefficient (Wildman–Crippen LogP) is 0.595. The van der Waals surface area contributed by atoms with Crippen molar-refractivity contribution >= 4 is 11.9 Å². The molecule has 0 unspecified atom stereocenters. The highest BCUT2D eigenvalue weighted by Gasteiger charge is 2.46. The lowest BCUT2D eigenvalue weighted by atomic mass is 9.73. The number of carbonyl (C=O) groups excluding carboxylic acids is 2. The van der Waals surface area contributed by atoms with E-state index in [1.54, 1.807) is 0 Å². The summed E-state index contributed by atoms with van der Waals surface area (Å²) in [6, 6.07) is 0. The molecule has 0 aromatic rings. The van der Waals surface area contributed by atoms with Crippen molar-refractivity contribution in [2.45, 2.75) is 32.1 Å². The molecule has 4 nitrogen and oxygen atoms in total. The highest BCUT2D eigenvalue weighted by atomic mass is 16.5. The van der Waals surface area contributed by atoms with E-state index in [9.17, 15) is 9.59 Å². The molecule has 74 valence electrons. The maximum Gasteiger partial charge on any atom is 0.321 e. The van der Waals surface area contributed by atoms with Crippen LogP contribution in [0.2, 0.25) is 0 Å². The lowest BCUT2D eigenvalue weighted by molar-refractivity contribution is -0.160. The molecule has 0 spiro atoms. The highest BCUT2D eigenvalue weighted by Crippen LogP contribution is 2.36. The minimum Gasteiger partial charge on any atom is -0.468 e. The van der Waals surface area contributed by atoms with Crippen LogP contribution in [0.1, 0.15) is 32.1 Å². The third-order valence-electron chi connectivity index (χ3n) is 2.75. The van der Waals surface area contributed by atoms with Crippen LogP contribution in [0, 0.1) is 5.41 Å². The fraction of sp³-hybridized carbons (Fsp3) is 0.778. The number of hydrogen-bond donors (Lipinski definition) is 1. The average molecular weight is 185 g/mol. The van der Waals surface area contributed by atoms with Crippen LogP contribution in [-0.2, 0) is 14.3 Å². The summed E-state index contributed by atoms with van der Waals surface area (Å²) in [7, 11) is 1.29. The monoisotopic (exact) mass is 185 g/mol. The van der Waals surface area contributed by atoms with Gasteiger partial charge in [0.2, 0.25) is 5.91 Å². The summed E-state index contributed by atoms with van der Waals surface area (Å²) in [4.78, 5) is 22.6. The Morgan fingerprint density at radius 3 is 2.15 bits per heavy atom. The number of amides is 1. The number of esters is 1. The van der Waals surface area contributed by atoms with E-state index in [1.807, 2.05) is 0 Å². The number of carbonyl (C=O) groups is 2. The summed E-state index contributed by atoms with van der Waals surface area (Å²) in [5, 5.41) is 0. The van der Waals surface area contributed by atoms with Crippen LogP contribution in [0.4, 0.5) is 0 Å². The third-order valence-corrected chi connectivity index (χ3v) is 2.75. The summed E-state index contributed by atoms with van der Waals surface area (Å²) in [5.74, 6) is -1.02. The van der Waals surface area contributed by atoms with Crippen molar-refractivity contribution < 1.29 is 14.3 Å². The lowest BCUT2D eigenvalue weighted by Gasteiger charge is -2.30. The topological polar surface area (TPSA) is 69.4 Å². The second-order valence-electron chi connectivity index (χ2n) is 3.50. The molecule has 0 aromatic heterocycles. The molecule has 1 amide bonds. The molecule has 1 aliphatic carbocycles. The summed E-state index contributed by atoms with van der Waals surface area (Å²) >= 11 is 0. The van der Waals surface area contributed by atoms with Gasteiger partial charge in [-0.15, -0.1) is 0 Å². The minimum atomic E-state index is -1.03. The first-order valence-corrected chi connectivity index (χ1v) is 4.52. The number of nitrogens with two attached hydrogens (primary N) is 1. The first kappa shape index (κ1) is 10.0.